The average Bonchev–Trinajstić information content (AvgIpc) is 2.86. The van der Waals surface area contributed by atoms with Gasteiger partial charge in [0.25, 0.3) is 0 Å². The van der Waals surface area contributed by atoms with Gasteiger partial charge in [0.1, 0.15) is 0 Å². The van der Waals surface area contributed by atoms with Crippen molar-refractivity contribution in [2.75, 3.05) is 33.5 Å². The van der Waals surface area contributed by atoms with Gasteiger partial charge in [0, 0.05) is 26.3 Å². The maximum Gasteiger partial charge on any atom is 0.315 e. The highest BCUT2D eigenvalue weighted by atomic mass is 16.5. The van der Waals surface area contributed by atoms with Crippen LogP contribution in [0.2, 0.25) is 0 Å². The van der Waals surface area contributed by atoms with Gasteiger partial charge in [0.2, 0.25) is 0 Å². The van der Waals surface area contributed by atoms with Crippen molar-refractivity contribution in [3.63, 3.8) is 0 Å². The zero-order chi connectivity index (χ0) is 14.8. The van der Waals surface area contributed by atoms with E-state index in [0.717, 1.165) is 12.8 Å². The molecule has 1 aliphatic carbocycles. The van der Waals surface area contributed by atoms with Crippen LogP contribution in [0.4, 0.5) is 4.79 Å². The lowest BCUT2D eigenvalue weighted by Gasteiger charge is -2.17. The number of methoxy groups -OCH3 is 1. The van der Waals surface area contributed by atoms with Gasteiger partial charge in [0.15, 0.2) is 0 Å². The summed E-state index contributed by atoms with van der Waals surface area (Å²) in [5, 5.41) is 14.5. The van der Waals surface area contributed by atoms with Gasteiger partial charge in [0.05, 0.1) is 19.1 Å². The first-order valence-electron chi connectivity index (χ1n) is 6.99. The second kappa shape index (κ2) is 9.55. The van der Waals surface area contributed by atoms with Crippen LogP contribution in [0, 0.1) is 5.92 Å². The van der Waals surface area contributed by atoms with Crippen LogP contribution in [0.15, 0.2) is 0 Å². The highest BCUT2D eigenvalue weighted by molar-refractivity contribution is 5.76. The van der Waals surface area contributed by atoms with Gasteiger partial charge in [-0.25, -0.2) is 4.79 Å². The topological polar surface area (TPSA) is 96.9 Å². The van der Waals surface area contributed by atoms with E-state index < -0.39 is 11.9 Å². The summed E-state index contributed by atoms with van der Waals surface area (Å²) in [5.74, 6) is -1.29. The van der Waals surface area contributed by atoms with Crippen LogP contribution in [0.3, 0.4) is 0 Å². The summed E-state index contributed by atoms with van der Waals surface area (Å²) in [6, 6.07) is -0.564. The van der Waals surface area contributed by atoms with Crippen LogP contribution >= 0.6 is 0 Å². The molecular formula is C13H24N2O5. The van der Waals surface area contributed by atoms with Gasteiger partial charge in [-0.1, -0.05) is 6.42 Å². The SMILES string of the molecule is COCCOCCCNC(=O)NC1CCCC1C(=O)O. The number of carboxylic acids is 1. The normalized spacial score (nSPS) is 21.6. The molecule has 0 aromatic rings. The molecule has 0 bridgehead atoms. The summed E-state index contributed by atoms with van der Waals surface area (Å²) in [6.45, 7) is 2.17. The van der Waals surface area contributed by atoms with E-state index in [1.807, 2.05) is 0 Å². The number of hydrogen-bond acceptors (Lipinski definition) is 4. The smallest absolute Gasteiger partial charge is 0.315 e. The third kappa shape index (κ3) is 6.21. The molecule has 2 unspecified atom stereocenters. The molecule has 1 aliphatic rings. The summed E-state index contributed by atoms with van der Waals surface area (Å²) in [7, 11) is 1.61. The first kappa shape index (κ1) is 16.7. The summed E-state index contributed by atoms with van der Waals surface area (Å²) in [5.41, 5.74) is 0. The first-order valence-corrected chi connectivity index (χ1v) is 6.99. The fourth-order valence-corrected chi connectivity index (χ4v) is 2.27. The number of carbonyl (C=O) groups is 2. The summed E-state index contributed by atoms with van der Waals surface area (Å²) in [4.78, 5) is 22.6. The number of aliphatic carboxylic acids is 1. The molecule has 0 aliphatic heterocycles. The molecule has 0 spiro atoms. The fraction of sp³-hybridized carbons (Fsp3) is 0.846. The van der Waals surface area contributed by atoms with Crippen molar-refractivity contribution in [2.24, 2.45) is 5.92 Å². The molecule has 2 atom stereocenters. The van der Waals surface area contributed by atoms with E-state index in [2.05, 4.69) is 10.6 Å². The zero-order valence-corrected chi connectivity index (χ0v) is 11.9. The molecule has 0 radical (unpaired) electrons. The molecule has 2 amide bonds. The van der Waals surface area contributed by atoms with E-state index in [4.69, 9.17) is 14.6 Å². The number of carboxylic acid groups (broad SMARTS) is 1. The van der Waals surface area contributed by atoms with Crippen LogP contribution in [-0.2, 0) is 14.3 Å². The highest BCUT2D eigenvalue weighted by Gasteiger charge is 2.33. The molecule has 7 heteroatoms. The Hall–Kier alpha value is -1.34. The van der Waals surface area contributed by atoms with Crippen LogP contribution in [-0.4, -0.2) is 56.6 Å². The third-order valence-corrected chi connectivity index (χ3v) is 3.33. The number of rotatable bonds is 9. The zero-order valence-electron chi connectivity index (χ0n) is 11.9. The van der Waals surface area contributed by atoms with Gasteiger partial charge < -0.3 is 25.2 Å². The Morgan fingerprint density at radius 1 is 1.25 bits per heavy atom. The van der Waals surface area contributed by atoms with Crippen LogP contribution in [0.1, 0.15) is 25.7 Å². The minimum absolute atomic E-state index is 0.259. The minimum Gasteiger partial charge on any atom is -0.481 e. The van der Waals surface area contributed by atoms with Crippen LogP contribution < -0.4 is 10.6 Å². The Morgan fingerprint density at radius 2 is 2.05 bits per heavy atom. The molecule has 1 fully saturated rings. The molecule has 0 heterocycles. The highest BCUT2D eigenvalue weighted by Crippen LogP contribution is 2.25. The Morgan fingerprint density at radius 3 is 2.75 bits per heavy atom. The maximum absolute atomic E-state index is 11.6. The first-order chi connectivity index (χ1) is 9.65. The summed E-state index contributed by atoms with van der Waals surface area (Å²) < 4.78 is 10.1. The van der Waals surface area contributed by atoms with E-state index in [-0.39, 0.29) is 12.1 Å². The molecule has 1 saturated carbocycles. The predicted molar refractivity (Wildman–Crippen MR) is 72.6 cm³/mol. The number of urea groups is 1. The molecule has 1 rings (SSSR count). The Kier molecular flexibility index (Phi) is 7.98. The Balaban J connectivity index is 2.07. The van der Waals surface area contributed by atoms with Gasteiger partial charge >= 0.3 is 12.0 Å². The number of ether oxygens (including phenoxy) is 2. The largest absolute Gasteiger partial charge is 0.481 e. The van der Waals surface area contributed by atoms with Gasteiger partial charge in [-0.3, -0.25) is 4.79 Å². The van der Waals surface area contributed by atoms with E-state index in [1.54, 1.807) is 7.11 Å². The van der Waals surface area contributed by atoms with Crippen LogP contribution in [0.5, 0.6) is 0 Å². The van der Waals surface area contributed by atoms with Crippen molar-refractivity contribution in [2.45, 2.75) is 31.7 Å². The van der Waals surface area contributed by atoms with E-state index in [1.165, 1.54) is 0 Å². The van der Waals surface area contributed by atoms with Crippen molar-refractivity contribution < 1.29 is 24.2 Å². The molecule has 3 N–H and O–H groups in total. The van der Waals surface area contributed by atoms with Gasteiger partial charge in [-0.15, -0.1) is 0 Å². The number of hydrogen-bond donors (Lipinski definition) is 3. The second-order valence-electron chi connectivity index (χ2n) is 4.84. The molecule has 20 heavy (non-hydrogen) atoms. The van der Waals surface area contributed by atoms with Crippen molar-refractivity contribution in [3.8, 4) is 0 Å². The lowest BCUT2D eigenvalue weighted by Crippen LogP contribution is -2.45. The van der Waals surface area contributed by atoms with E-state index in [9.17, 15) is 9.59 Å². The van der Waals surface area contributed by atoms with Crippen LogP contribution in [0.25, 0.3) is 0 Å². The van der Waals surface area contributed by atoms with Crippen molar-refractivity contribution in [1.82, 2.24) is 10.6 Å². The number of carbonyl (C=O) groups excluding carboxylic acids is 1. The third-order valence-electron chi connectivity index (χ3n) is 3.33. The molecular weight excluding hydrogens is 264 g/mol. The second-order valence-corrected chi connectivity index (χ2v) is 4.84. The van der Waals surface area contributed by atoms with Gasteiger partial charge in [-0.2, -0.15) is 0 Å². The minimum atomic E-state index is -0.834. The summed E-state index contributed by atoms with van der Waals surface area (Å²) in [6.07, 6.45) is 2.91. The van der Waals surface area contributed by atoms with E-state index in [0.29, 0.717) is 39.2 Å². The molecule has 116 valence electrons. The molecule has 0 aromatic heterocycles. The average molecular weight is 288 g/mol. The van der Waals surface area contributed by atoms with Gasteiger partial charge in [-0.05, 0) is 19.3 Å². The standard InChI is InChI=1S/C13H24N2O5/c1-19-8-9-20-7-3-6-14-13(18)15-11-5-2-4-10(11)12(16)17/h10-11H,2-9H2,1H3,(H,16,17)(H2,14,15,18). The molecule has 7 nitrogen and oxygen atoms in total. The maximum atomic E-state index is 11.6. The lowest BCUT2D eigenvalue weighted by atomic mass is 10.0. The van der Waals surface area contributed by atoms with E-state index >= 15 is 0 Å². The fourth-order valence-electron chi connectivity index (χ4n) is 2.27. The summed E-state index contributed by atoms with van der Waals surface area (Å²) >= 11 is 0. The lowest BCUT2D eigenvalue weighted by molar-refractivity contribution is -0.142. The number of amides is 2. The molecule has 0 saturated heterocycles. The Bertz CT molecular complexity index is 311. The van der Waals surface area contributed by atoms with Crippen molar-refractivity contribution in [1.29, 1.82) is 0 Å². The monoisotopic (exact) mass is 288 g/mol. The van der Waals surface area contributed by atoms with Crippen molar-refractivity contribution >= 4 is 12.0 Å². The number of nitrogens with one attached hydrogen (secondary N) is 2. The van der Waals surface area contributed by atoms with Crippen molar-refractivity contribution in [3.05, 3.63) is 0 Å². The predicted octanol–water partition coefficient (Wildman–Crippen LogP) is 0.592. The molecule has 0 aromatic carbocycles. The Labute approximate surface area is 119 Å². The quantitative estimate of drug-likeness (QED) is 0.540.